The zero-order valence-corrected chi connectivity index (χ0v) is 18.5. The van der Waals surface area contributed by atoms with Crippen molar-refractivity contribution in [3.63, 3.8) is 0 Å². The first-order valence-electron chi connectivity index (χ1n) is 12.0. The van der Waals surface area contributed by atoms with Crippen LogP contribution in [0.25, 0.3) is 0 Å². The Hall–Kier alpha value is -0.0400. The molecular weight excluding hydrogens is 302 g/mol. The van der Waals surface area contributed by atoms with Gasteiger partial charge in [-0.3, -0.25) is 0 Å². The Kier molecular flexibility index (Phi) is 20.2. The van der Waals surface area contributed by atoms with E-state index in [1.165, 1.54) is 122 Å². The van der Waals surface area contributed by atoms with E-state index in [4.69, 9.17) is 0 Å². The molecule has 152 valence electrons. The molecule has 0 fully saturated rings. The quantitative estimate of drug-likeness (QED) is 0.199. The molecule has 0 aliphatic rings. The molecule has 0 aromatic heterocycles. The van der Waals surface area contributed by atoms with Crippen molar-refractivity contribution in [2.24, 2.45) is 5.92 Å². The number of rotatable bonds is 20. The molecule has 1 atom stereocenters. The van der Waals surface area contributed by atoms with E-state index in [9.17, 15) is 0 Å². The molecule has 1 heteroatoms. The lowest BCUT2D eigenvalue weighted by atomic mass is 9.98. The smallest absolute Gasteiger partial charge is 0.00162 e. The van der Waals surface area contributed by atoms with Crippen LogP contribution >= 0.6 is 0 Å². The minimum Gasteiger partial charge on any atom is -0.303 e. The molecule has 25 heavy (non-hydrogen) atoms. The largest absolute Gasteiger partial charge is 0.303 e. The van der Waals surface area contributed by atoms with Crippen LogP contribution in [0.5, 0.6) is 0 Å². The highest BCUT2D eigenvalue weighted by Gasteiger charge is 2.08. The van der Waals surface area contributed by atoms with E-state index < -0.39 is 0 Å². The Morgan fingerprint density at radius 1 is 0.480 bits per heavy atom. The van der Waals surface area contributed by atoms with Gasteiger partial charge in [0.1, 0.15) is 0 Å². The molecule has 1 unspecified atom stereocenters. The van der Waals surface area contributed by atoms with Gasteiger partial charge in [0.05, 0.1) is 0 Å². The van der Waals surface area contributed by atoms with Crippen molar-refractivity contribution in [2.75, 3.05) is 19.6 Å². The summed E-state index contributed by atoms with van der Waals surface area (Å²) in [5, 5.41) is 0. The summed E-state index contributed by atoms with van der Waals surface area (Å²) in [5.74, 6) is 0.917. The first-order valence-corrected chi connectivity index (χ1v) is 12.0. The molecular formula is C24H51N. The van der Waals surface area contributed by atoms with Gasteiger partial charge in [-0.25, -0.2) is 0 Å². The predicted octanol–water partition coefficient (Wildman–Crippen LogP) is 8.23. The van der Waals surface area contributed by atoms with Crippen LogP contribution in [0.4, 0.5) is 0 Å². The number of nitrogens with zero attached hydrogens (tertiary/aromatic N) is 1. The van der Waals surface area contributed by atoms with E-state index in [0.29, 0.717) is 0 Å². The van der Waals surface area contributed by atoms with E-state index in [-0.39, 0.29) is 0 Å². The first kappa shape index (κ1) is 25.0. The van der Waals surface area contributed by atoms with Crippen molar-refractivity contribution in [3.8, 4) is 0 Å². The fourth-order valence-electron chi connectivity index (χ4n) is 3.68. The third-order valence-electron chi connectivity index (χ3n) is 5.64. The molecule has 0 spiro atoms. The Bertz CT molecular complexity index is 238. The van der Waals surface area contributed by atoms with Crippen LogP contribution in [0.2, 0.25) is 0 Å². The Morgan fingerprint density at radius 3 is 1.52 bits per heavy atom. The summed E-state index contributed by atoms with van der Waals surface area (Å²) in [6.45, 7) is 13.4. The third-order valence-corrected chi connectivity index (χ3v) is 5.64. The molecule has 0 aromatic carbocycles. The average Bonchev–Trinajstić information content (AvgIpc) is 2.62. The van der Waals surface area contributed by atoms with Crippen LogP contribution in [0.1, 0.15) is 130 Å². The highest BCUT2D eigenvalue weighted by atomic mass is 15.1. The molecule has 0 saturated heterocycles. The van der Waals surface area contributed by atoms with Crippen molar-refractivity contribution >= 4 is 0 Å². The van der Waals surface area contributed by atoms with Crippen molar-refractivity contribution in [2.45, 2.75) is 130 Å². The summed E-state index contributed by atoms with van der Waals surface area (Å²) < 4.78 is 0. The number of hydrogen-bond acceptors (Lipinski definition) is 1. The fourth-order valence-corrected chi connectivity index (χ4v) is 3.68. The maximum absolute atomic E-state index is 2.78. The van der Waals surface area contributed by atoms with Crippen LogP contribution in [0, 0.1) is 5.92 Å². The van der Waals surface area contributed by atoms with Crippen LogP contribution in [-0.2, 0) is 0 Å². The van der Waals surface area contributed by atoms with Gasteiger partial charge in [-0.15, -0.1) is 0 Å². The zero-order valence-electron chi connectivity index (χ0n) is 18.5. The monoisotopic (exact) mass is 353 g/mol. The first-order chi connectivity index (χ1) is 12.2. The number of unbranched alkanes of at least 4 members (excludes halogenated alkanes) is 11. The van der Waals surface area contributed by atoms with Gasteiger partial charge in [0.15, 0.2) is 0 Å². The topological polar surface area (TPSA) is 3.24 Å². The second-order valence-electron chi connectivity index (χ2n) is 8.41. The summed E-state index contributed by atoms with van der Waals surface area (Å²) in [6.07, 6.45) is 22.7. The van der Waals surface area contributed by atoms with Crippen molar-refractivity contribution in [1.29, 1.82) is 0 Å². The van der Waals surface area contributed by atoms with E-state index in [0.717, 1.165) is 5.92 Å². The highest BCUT2D eigenvalue weighted by molar-refractivity contribution is 4.63. The van der Waals surface area contributed by atoms with Crippen LogP contribution in [0.3, 0.4) is 0 Å². The molecule has 1 nitrogen and oxygen atoms in total. The zero-order chi connectivity index (χ0) is 18.6. The highest BCUT2D eigenvalue weighted by Crippen LogP contribution is 2.16. The summed E-state index contributed by atoms with van der Waals surface area (Å²) >= 11 is 0. The fraction of sp³-hybridized carbons (Fsp3) is 1.00. The molecule has 0 bridgehead atoms. The van der Waals surface area contributed by atoms with Gasteiger partial charge in [0.25, 0.3) is 0 Å². The van der Waals surface area contributed by atoms with Gasteiger partial charge in [-0.05, 0) is 44.8 Å². The summed E-state index contributed by atoms with van der Waals surface area (Å²) in [4.78, 5) is 2.78. The lowest BCUT2D eigenvalue weighted by molar-refractivity contribution is 0.240. The SMILES string of the molecule is CCCCCCCCC(C)CCN(CCCCC)CCCCCCC. The van der Waals surface area contributed by atoms with Gasteiger partial charge in [0.2, 0.25) is 0 Å². The van der Waals surface area contributed by atoms with Gasteiger partial charge in [-0.2, -0.15) is 0 Å². The average molecular weight is 354 g/mol. The Labute approximate surface area is 161 Å². The summed E-state index contributed by atoms with van der Waals surface area (Å²) in [6, 6.07) is 0. The second-order valence-corrected chi connectivity index (χ2v) is 8.41. The van der Waals surface area contributed by atoms with Gasteiger partial charge >= 0.3 is 0 Å². The predicted molar refractivity (Wildman–Crippen MR) is 116 cm³/mol. The standard InChI is InChI=1S/C24H51N/c1-5-8-11-13-14-16-19-24(4)20-23-25(21-17-10-7-3)22-18-15-12-9-6-2/h24H,5-23H2,1-4H3. The van der Waals surface area contributed by atoms with Crippen LogP contribution < -0.4 is 0 Å². The van der Waals surface area contributed by atoms with Gasteiger partial charge in [0, 0.05) is 0 Å². The second kappa shape index (κ2) is 20.3. The van der Waals surface area contributed by atoms with E-state index in [1.807, 2.05) is 0 Å². The molecule has 0 aliphatic carbocycles. The molecule has 0 heterocycles. The molecule has 0 saturated carbocycles. The van der Waals surface area contributed by atoms with Crippen molar-refractivity contribution in [1.82, 2.24) is 4.90 Å². The normalized spacial score (nSPS) is 12.8. The Morgan fingerprint density at radius 2 is 0.920 bits per heavy atom. The Balaban J connectivity index is 3.80. The molecule has 0 aromatic rings. The van der Waals surface area contributed by atoms with Crippen molar-refractivity contribution in [3.05, 3.63) is 0 Å². The van der Waals surface area contributed by atoms with Crippen LogP contribution in [-0.4, -0.2) is 24.5 Å². The summed E-state index contributed by atoms with van der Waals surface area (Å²) in [7, 11) is 0. The van der Waals surface area contributed by atoms with Crippen molar-refractivity contribution < 1.29 is 0 Å². The molecule has 0 aliphatic heterocycles. The molecule has 0 radical (unpaired) electrons. The third kappa shape index (κ3) is 18.5. The maximum Gasteiger partial charge on any atom is -0.00162 e. The molecule has 0 N–H and O–H groups in total. The lowest BCUT2D eigenvalue weighted by Crippen LogP contribution is -2.28. The van der Waals surface area contributed by atoms with Crippen LogP contribution in [0.15, 0.2) is 0 Å². The molecule has 0 rings (SSSR count). The minimum absolute atomic E-state index is 0.917. The van der Waals surface area contributed by atoms with E-state index in [1.54, 1.807) is 0 Å². The lowest BCUT2D eigenvalue weighted by Gasteiger charge is -2.24. The maximum atomic E-state index is 2.78. The van der Waals surface area contributed by atoms with Gasteiger partial charge < -0.3 is 4.90 Å². The number of hydrogen-bond donors (Lipinski definition) is 0. The minimum atomic E-state index is 0.917. The molecule has 0 amide bonds. The van der Waals surface area contributed by atoms with E-state index >= 15 is 0 Å². The summed E-state index contributed by atoms with van der Waals surface area (Å²) in [5.41, 5.74) is 0. The van der Waals surface area contributed by atoms with Gasteiger partial charge in [-0.1, -0.05) is 111 Å². The van der Waals surface area contributed by atoms with E-state index in [2.05, 4.69) is 32.6 Å².